The topological polar surface area (TPSA) is 55.4 Å². The highest BCUT2D eigenvalue weighted by atomic mass is 16.5. The van der Waals surface area contributed by atoms with E-state index in [4.69, 9.17) is 4.74 Å². The van der Waals surface area contributed by atoms with E-state index in [0.29, 0.717) is 6.61 Å². The molecule has 0 spiro atoms. The average Bonchev–Trinajstić information content (AvgIpc) is 2.37. The van der Waals surface area contributed by atoms with Crippen molar-refractivity contribution in [2.45, 2.75) is 65.2 Å². The van der Waals surface area contributed by atoms with Crippen molar-refractivity contribution in [3.8, 4) is 0 Å². The van der Waals surface area contributed by atoms with Crippen LogP contribution in [0.15, 0.2) is 0 Å². The zero-order valence-electron chi connectivity index (χ0n) is 12.3. The largest absolute Gasteiger partial charge is 0.465 e. The summed E-state index contributed by atoms with van der Waals surface area (Å²) in [6, 6.07) is 0. The highest BCUT2D eigenvalue weighted by molar-refractivity contribution is 5.86. The number of carbonyl (C=O) groups is 2. The molecule has 0 atom stereocenters. The minimum absolute atomic E-state index is 0.00553. The molecule has 4 nitrogen and oxygen atoms in total. The van der Waals surface area contributed by atoms with Gasteiger partial charge in [0.2, 0.25) is 5.91 Å². The summed E-state index contributed by atoms with van der Waals surface area (Å²) in [4.78, 5) is 23.7. The lowest BCUT2D eigenvalue weighted by Gasteiger charge is -2.33. The number of amides is 1. The minimum Gasteiger partial charge on any atom is -0.465 e. The van der Waals surface area contributed by atoms with Crippen molar-refractivity contribution >= 4 is 11.9 Å². The van der Waals surface area contributed by atoms with Gasteiger partial charge in [0, 0.05) is 5.41 Å². The Kier molecular flexibility index (Phi) is 6.89. The first-order chi connectivity index (χ1) is 9.14. The van der Waals surface area contributed by atoms with Crippen molar-refractivity contribution in [1.82, 2.24) is 5.32 Å². The van der Waals surface area contributed by atoms with E-state index in [9.17, 15) is 9.59 Å². The Labute approximate surface area is 116 Å². The van der Waals surface area contributed by atoms with Gasteiger partial charge in [-0.1, -0.05) is 39.0 Å². The Balaban J connectivity index is 2.55. The molecular formula is C15H27NO3. The molecule has 4 heteroatoms. The molecule has 1 aliphatic carbocycles. The van der Waals surface area contributed by atoms with Crippen LogP contribution in [-0.4, -0.2) is 25.0 Å². The number of nitrogens with one attached hydrogen (secondary N) is 1. The molecule has 0 saturated heterocycles. The van der Waals surface area contributed by atoms with E-state index in [1.807, 2.05) is 0 Å². The van der Waals surface area contributed by atoms with Gasteiger partial charge in [-0.25, -0.2) is 0 Å². The lowest BCUT2D eigenvalue weighted by Crippen LogP contribution is -2.43. The Hall–Kier alpha value is -1.06. The van der Waals surface area contributed by atoms with E-state index in [1.54, 1.807) is 6.92 Å². The van der Waals surface area contributed by atoms with Crippen LogP contribution in [0.4, 0.5) is 0 Å². The molecule has 110 valence electrons. The minimum atomic E-state index is -0.354. The van der Waals surface area contributed by atoms with Crippen LogP contribution in [0.3, 0.4) is 0 Å². The van der Waals surface area contributed by atoms with Crippen molar-refractivity contribution in [3.05, 3.63) is 0 Å². The molecule has 0 radical (unpaired) electrons. The summed E-state index contributed by atoms with van der Waals surface area (Å²) in [5, 5.41) is 2.76. The molecular weight excluding hydrogens is 242 g/mol. The number of carbonyl (C=O) groups excluding carboxylic acids is 2. The Bertz CT molecular complexity index is 294. The zero-order valence-corrected chi connectivity index (χ0v) is 12.3. The zero-order chi connectivity index (χ0) is 14.1. The monoisotopic (exact) mass is 269 g/mol. The molecule has 1 aliphatic rings. The Morgan fingerprint density at radius 1 is 1.05 bits per heavy atom. The molecule has 0 bridgehead atoms. The first-order valence-corrected chi connectivity index (χ1v) is 7.58. The van der Waals surface area contributed by atoms with Gasteiger partial charge in [0.15, 0.2) is 0 Å². The van der Waals surface area contributed by atoms with Crippen LogP contribution < -0.4 is 5.32 Å². The number of esters is 1. The van der Waals surface area contributed by atoms with Crippen LogP contribution >= 0.6 is 0 Å². The Morgan fingerprint density at radius 3 is 2.16 bits per heavy atom. The van der Waals surface area contributed by atoms with E-state index in [1.165, 1.54) is 19.3 Å². The number of ether oxygens (including phenoxy) is 1. The van der Waals surface area contributed by atoms with Crippen molar-refractivity contribution in [1.29, 1.82) is 0 Å². The fourth-order valence-electron chi connectivity index (χ4n) is 2.88. The number of rotatable bonds is 5. The third kappa shape index (κ3) is 4.84. The van der Waals surface area contributed by atoms with Crippen LogP contribution in [0, 0.1) is 5.41 Å². The lowest BCUT2D eigenvalue weighted by atomic mass is 9.73. The van der Waals surface area contributed by atoms with Gasteiger partial charge in [0.05, 0.1) is 6.61 Å². The van der Waals surface area contributed by atoms with Crippen molar-refractivity contribution < 1.29 is 14.3 Å². The Morgan fingerprint density at radius 2 is 1.63 bits per heavy atom. The summed E-state index contributed by atoms with van der Waals surface area (Å²) in [6.45, 7) is 4.19. The highest BCUT2D eigenvalue weighted by Gasteiger charge is 2.36. The van der Waals surface area contributed by atoms with Crippen molar-refractivity contribution in [2.75, 3.05) is 13.2 Å². The van der Waals surface area contributed by atoms with Gasteiger partial charge in [0.25, 0.3) is 0 Å². The predicted molar refractivity (Wildman–Crippen MR) is 74.7 cm³/mol. The van der Waals surface area contributed by atoms with E-state index < -0.39 is 0 Å². The third-order valence-corrected chi connectivity index (χ3v) is 4.17. The van der Waals surface area contributed by atoms with E-state index in [-0.39, 0.29) is 23.8 Å². The molecule has 0 heterocycles. The summed E-state index contributed by atoms with van der Waals surface area (Å²) in [5.74, 6) is -0.321. The smallest absolute Gasteiger partial charge is 0.325 e. The normalized spacial score (nSPS) is 19.1. The molecule has 1 N–H and O–H groups in total. The van der Waals surface area contributed by atoms with E-state index in [2.05, 4.69) is 12.2 Å². The van der Waals surface area contributed by atoms with Gasteiger partial charge in [-0.2, -0.15) is 0 Å². The van der Waals surface area contributed by atoms with Gasteiger partial charge in [0.1, 0.15) is 6.54 Å². The molecule has 0 aromatic carbocycles. The molecule has 1 rings (SSSR count). The first-order valence-electron chi connectivity index (χ1n) is 7.58. The van der Waals surface area contributed by atoms with Crippen molar-refractivity contribution in [3.63, 3.8) is 0 Å². The summed E-state index contributed by atoms with van der Waals surface area (Å²) in [5.41, 5.74) is -0.271. The highest BCUT2D eigenvalue weighted by Crippen LogP contribution is 2.37. The summed E-state index contributed by atoms with van der Waals surface area (Å²) in [7, 11) is 0. The van der Waals surface area contributed by atoms with Crippen LogP contribution in [0.1, 0.15) is 65.2 Å². The molecule has 19 heavy (non-hydrogen) atoms. The average molecular weight is 269 g/mol. The molecule has 0 unspecified atom stereocenters. The molecule has 0 aromatic heterocycles. The fourth-order valence-corrected chi connectivity index (χ4v) is 2.88. The van der Waals surface area contributed by atoms with Gasteiger partial charge in [-0.15, -0.1) is 0 Å². The predicted octanol–water partition coefficient (Wildman–Crippen LogP) is 2.81. The van der Waals surface area contributed by atoms with Crippen molar-refractivity contribution in [2.24, 2.45) is 5.41 Å². The van der Waals surface area contributed by atoms with Crippen LogP contribution in [0.25, 0.3) is 0 Å². The van der Waals surface area contributed by atoms with Gasteiger partial charge in [-0.3, -0.25) is 9.59 Å². The standard InChI is InChI=1S/C15H27NO3/c1-3-15(10-8-6-5-7-9-11-15)14(18)16-12-13(17)19-4-2/h3-12H2,1-2H3,(H,16,18). The number of hydrogen-bond donors (Lipinski definition) is 1. The van der Waals surface area contributed by atoms with Crippen LogP contribution in [0.2, 0.25) is 0 Å². The first kappa shape index (κ1) is 16.0. The summed E-state index contributed by atoms with van der Waals surface area (Å²) in [6.07, 6.45) is 8.67. The SMILES string of the molecule is CCOC(=O)CNC(=O)C1(CC)CCCCCCC1. The molecule has 0 aliphatic heterocycles. The van der Waals surface area contributed by atoms with Crippen LogP contribution in [0.5, 0.6) is 0 Å². The van der Waals surface area contributed by atoms with Crippen LogP contribution in [-0.2, 0) is 14.3 Å². The maximum atomic E-state index is 12.4. The van der Waals surface area contributed by atoms with Gasteiger partial charge >= 0.3 is 5.97 Å². The van der Waals surface area contributed by atoms with E-state index >= 15 is 0 Å². The second-order valence-electron chi connectivity index (χ2n) is 5.39. The maximum Gasteiger partial charge on any atom is 0.325 e. The van der Waals surface area contributed by atoms with Gasteiger partial charge < -0.3 is 10.1 Å². The molecule has 1 saturated carbocycles. The fraction of sp³-hybridized carbons (Fsp3) is 0.867. The maximum absolute atomic E-state index is 12.4. The second-order valence-corrected chi connectivity index (χ2v) is 5.39. The molecule has 0 aromatic rings. The lowest BCUT2D eigenvalue weighted by molar-refractivity contribution is -0.145. The van der Waals surface area contributed by atoms with Gasteiger partial charge in [-0.05, 0) is 26.2 Å². The quantitative estimate of drug-likeness (QED) is 0.781. The number of hydrogen-bond acceptors (Lipinski definition) is 3. The third-order valence-electron chi connectivity index (χ3n) is 4.17. The molecule has 1 fully saturated rings. The molecule has 1 amide bonds. The second kappa shape index (κ2) is 8.18. The summed E-state index contributed by atoms with van der Waals surface area (Å²) >= 11 is 0. The summed E-state index contributed by atoms with van der Waals surface area (Å²) < 4.78 is 4.84. The van der Waals surface area contributed by atoms with E-state index in [0.717, 1.165) is 32.1 Å².